The normalized spacial score (nSPS) is 8.56. The molecular weight excluding hydrogens is 204 g/mol. The summed E-state index contributed by atoms with van der Waals surface area (Å²) in [6, 6.07) is 8.89. The summed E-state index contributed by atoms with van der Waals surface area (Å²) >= 11 is 0. The monoisotopic (exact) mass is 216 g/mol. The van der Waals surface area contributed by atoms with E-state index in [1.807, 2.05) is 23.6 Å². The maximum Gasteiger partial charge on any atom is 0.265 e. The van der Waals surface area contributed by atoms with E-state index < -0.39 is 0 Å². The molecule has 0 radical (unpaired) electrons. The largest absolute Gasteiger partial charge is 0.290 e. The quantitative estimate of drug-likeness (QED) is 0.419. The number of nitrogens with one attached hydrogen (secondary N) is 1. The minimum absolute atomic E-state index is 0.303. The molecule has 16 heavy (non-hydrogen) atoms. The number of hydrogen-bond acceptors (Lipinski definition) is 4. The van der Waals surface area contributed by atoms with Crippen LogP contribution in [-0.2, 0) is 0 Å². The van der Waals surface area contributed by atoms with Crippen molar-refractivity contribution < 1.29 is 4.79 Å². The summed E-state index contributed by atoms with van der Waals surface area (Å²) in [5.41, 5.74) is 2.53. The molecule has 0 atom stereocenters. The number of hydrazine groups is 1. The summed E-state index contributed by atoms with van der Waals surface area (Å²) in [5, 5.41) is 0. The second kappa shape index (κ2) is 7.08. The highest BCUT2D eigenvalue weighted by Crippen LogP contribution is 1.93. The highest BCUT2D eigenvalue weighted by atomic mass is 16.2. The second-order valence-corrected chi connectivity index (χ2v) is 2.73. The van der Waals surface area contributed by atoms with Crippen molar-refractivity contribution in [2.24, 2.45) is 5.84 Å². The zero-order valence-corrected chi connectivity index (χ0v) is 8.58. The van der Waals surface area contributed by atoms with Gasteiger partial charge in [-0.15, -0.1) is 0 Å². The molecule has 0 aliphatic rings. The Bertz CT molecular complexity index is 378. The molecule has 3 N–H and O–H groups in total. The van der Waals surface area contributed by atoms with E-state index in [4.69, 9.17) is 5.84 Å². The fraction of sp³-hybridized carbons (Fsp3) is 0. The molecule has 0 spiro atoms. The van der Waals surface area contributed by atoms with Crippen LogP contribution in [0.25, 0.3) is 0 Å². The van der Waals surface area contributed by atoms with E-state index in [1.54, 1.807) is 24.5 Å². The van der Waals surface area contributed by atoms with E-state index in [-0.39, 0.29) is 5.91 Å². The molecule has 5 heteroatoms. The molecule has 0 fully saturated rings. The molecular formula is C11H12N4O. The van der Waals surface area contributed by atoms with Gasteiger partial charge in [-0.05, 0) is 24.3 Å². The zero-order valence-electron chi connectivity index (χ0n) is 8.58. The maximum atomic E-state index is 10.7. The molecule has 5 nitrogen and oxygen atoms in total. The number of aromatic nitrogens is 2. The molecule has 0 saturated heterocycles. The highest BCUT2D eigenvalue weighted by molar-refractivity contribution is 5.93. The van der Waals surface area contributed by atoms with Gasteiger partial charge in [-0.1, -0.05) is 6.07 Å². The van der Waals surface area contributed by atoms with Crippen molar-refractivity contribution in [3.05, 3.63) is 60.7 Å². The van der Waals surface area contributed by atoms with Crippen molar-refractivity contribution in [3.8, 4) is 0 Å². The predicted molar refractivity (Wildman–Crippen MR) is 60.1 cm³/mol. The molecule has 2 heterocycles. The van der Waals surface area contributed by atoms with Crippen LogP contribution < -0.4 is 11.3 Å². The van der Waals surface area contributed by atoms with Crippen LogP contribution >= 0.6 is 0 Å². The standard InChI is InChI=1S/C6H7N3O.C5H5N/c7-9-6(10)5-1-3-8-4-2-5;1-2-4-6-5-3-1/h1-4H,7H2,(H,9,10);1-5H. The van der Waals surface area contributed by atoms with E-state index >= 15 is 0 Å². The van der Waals surface area contributed by atoms with Crippen molar-refractivity contribution in [3.63, 3.8) is 0 Å². The lowest BCUT2D eigenvalue weighted by atomic mass is 10.3. The van der Waals surface area contributed by atoms with Gasteiger partial charge in [0.05, 0.1) is 0 Å². The number of pyridine rings is 2. The minimum atomic E-state index is -0.303. The van der Waals surface area contributed by atoms with Crippen molar-refractivity contribution in [2.75, 3.05) is 0 Å². The Balaban J connectivity index is 0.000000181. The molecule has 0 aliphatic carbocycles. The van der Waals surface area contributed by atoms with Crippen LogP contribution in [0.2, 0.25) is 0 Å². The molecule has 0 bridgehead atoms. The average molecular weight is 216 g/mol. The number of nitrogens with two attached hydrogens (primary N) is 1. The molecule has 0 unspecified atom stereocenters. The van der Waals surface area contributed by atoms with Gasteiger partial charge in [0.15, 0.2) is 0 Å². The van der Waals surface area contributed by atoms with Crippen LogP contribution in [-0.4, -0.2) is 15.9 Å². The van der Waals surface area contributed by atoms with E-state index in [0.29, 0.717) is 5.56 Å². The third-order valence-electron chi connectivity index (χ3n) is 1.64. The summed E-state index contributed by atoms with van der Waals surface area (Å²) < 4.78 is 0. The van der Waals surface area contributed by atoms with Crippen molar-refractivity contribution in [1.29, 1.82) is 0 Å². The van der Waals surface area contributed by atoms with Gasteiger partial charge in [-0.25, -0.2) is 5.84 Å². The lowest BCUT2D eigenvalue weighted by Gasteiger charge is -1.95. The van der Waals surface area contributed by atoms with Crippen molar-refractivity contribution in [2.45, 2.75) is 0 Å². The number of nitrogen functional groups attached to an aromatic ring is 1. The Morgan fingerprint density at radius 2 is 1.56 bits per heavy atom. The average Bonchev–Trinajstić information content (AvgIpc) is 2.41. The third kappa shape index (κ3) is 4.30. The number of nitrogens with zero attached hydrogens (tertiary/aromatic N) is 2. The molecule has 0 aromatic carbocycles. The van der Waals surface area contributed by atoms with Gasteiger partial charge in [0.2, 0.25) is 0 Å². The number of hydrogen-bond donors (Lipinski definition) is 2. The fourth-order valence-electron chi connectivity index (χ4n) is 0.899. The summed E-state index contributed by atoms with van der Waals surface area (Å²) in [4.78, 5) is 18.3. The Kier molecular flexibility index (Phi) is 5.22. The van der Waals surface area contributed by atoms with E-state index in [0.717, 1.165) is 0 Å². The molecule has 2 aromatic heterocycles. The van der Waals surface area contributed by atoms with E-state index in [1.165, 1.54) is 12.4 Å². The third-order valence-corrected chi connectivity index (χ3v) is 1.64. The zero-order chi connectivity index (χ0) is 11.6. The van der Waals surface area contributed by atoms with Crippen LogP contribution in [0.15, 0.2) is 55.1 Å². The highest BCUT2D eigenvalue weighted by Gasteiger charge is 1.98. The Hall–Kier alpha value is -2.27. The topological polar surface area (TPSA) is 80.9 Å². The number of carbonyl (C=O) groups excluding carboxylic acids is 1. The first-order valence-electron chi connectivity index (χ1n) is 4.60. The van der Waals surface area contributed by atoms with Gasteiger partial charge in [0.1, 0.15) is 0 Å². The van der Waals surface area contributed by atoms with Gasteiger partial charge in [-0.3, -0.25) is 20.2 Å². The van der Waals surface area contributed by atoms with Gasteiger partial charge >= 0.3 is 0 Å². The van der Waals surface area contributed by atoms with Gasteiger partial charge < -0.3 is 0 Å². The molecule has 2 rings (SSSR count). The van der Waals surface area contributed by atoms with Crippen LogP contribution in [0, 0.1) is 0 Å². The minimum Gasteiger partial charge on any atom is -0.290 e. The first-order chi connectivity index (χ1) is 7.84. The second-order valence-electron chi connectivity index (χ2n) is 2.73. The summed E-state index contributed by atoms with van der Waals surface area (Å²) in [6.07, 6.45) is 6.56. The van der Waals surface area contributed by atoms with E-state index in [9.17, 15) is 4.79 Å². The van der Waals surface area contributed by atoms with E-state index in [2.05, 4.69) is 9.97 Å². The van der Waals surface area contributed by atoms with Crippen molar-refractivity contribution in [1.82, 2.24) is 15.4 Å². The Morgan fingerprint density at radius 1 is 1.00 bits per heavy atom. The first kappa shape index (κ1) is 11.8. The van der Waals surface area contributed by atoms with Crippen molar-refractivity contribution >= 4 is 5.91 Å². The SMILES string of the molecule is NNC(=O)c1ccncc1.c1ccncc1. The van der Waals surface area contributed by atoms with Crippen LogP contribution in [0.5, 0.6) is 0 Å². The molecule has 0 aliphatic heterocycles. The lowest BCUT2D eigenvalue weighted by molar-refractivity contribution is 0.0953. The first-order valence-corrected chi connectivity index (χ1v) is 4.60. The van der Waals surface area contributed by atoms with Gasteiger partial charge in [-0.2, -0.15) is 0 Å². The molecule has 2 aromatic rings. The number of carbonyl (C=O) groups is 1. The number of rotatable bonds is 1. The van der Waals surface area contributed by atoms with Crippen LogP contribution in [0.3, 0.4) is 0 Å². The fourth-order valence-corrected chi connectivity index (χ4v) is 0.899. The Labute approximate surface area is 93.3 Å². The molecule has 0 saturated carbocycles. The van der Waals surface area contributed by atoms with Gasteiger partial charge in [0.25, 0.3) is 5.91 Å². The Morgan fingerprint density at radius 3 is 1.94 bits per heavy atom. The van der Waals surface area contributed by atoms with Crippen LogP contribution in [0.4, 0.5) is 0 Å². The lowest BCUT2D eigenvalue weighted by Crippen LogP contribution is -2.29. The summed E-state index contributed by atoms with van der Waals surface area (Å²) in [7, 11) is 0. The molecule has 1 amide bonds. The summed E-state index contributed by atoms with van der Waals surface area (Å²) in [6.45, 7) is 0. The smallest absolute Gasteiger partial charge is 0.265 e. The van der Waals surface area contributed by atoms with Gasteiger partial charge in [0, 0.05) is 30.4 Å². The van der Waals surface area contributed by atoms with Crippen LogP contribution in [0.1, 0.15) is 10.4 Å². The molecule has 82 valence electrons. The summed E-state index contributed by atoms with van der Waals surface area (Å²) in [5.74, 6) is 4.58. The number of amides is 1. The maximum absolute atomic E-state index is 10.7. The predicted octanol–water partition coefficient (Wildman–Crippen LogP) is 0.767.